The summed E-state index contributed by atoms with van der Waals surface area (Å²) in [5.74, 6) is -0.721. The summed E-state index contributed by atoms with van der Waals surface area (Å²) in [5.41, 5.74) is -1.10. The van der Waals surface area contributed by atoms with Gasteiger partial charge in [0.05, 0.1) is 21.2 Å². The van der Waals surface area contributed by atoms with Crippen molar-refractivity contribution in [3.8, 4) is 0 Å². The molecular weight excluding hydrogens is 365 g/mol. The predicted octanol–water partition coefficient (Wildman–Crippen LogP) is 3.72. The highest BCUT2D eigenvalue weighted by atomic mass is 35.5. The minimum Gasteiger partial charge on any atom is -0.323 e. The number of nitrogens with one attached hydrogen (secondary N) is 1. The van der Waals surface area contributed by atoms with E-state index in [-0.39, 0.29) is 27.8 Å². The number of hydrogen-bond acceptors (Lipinski definition) is 4. The van der Waals surface area contributed by atoms with Gasteiger partial charge in [0, 0.05) is 0 Å². The Labute approximate surface area is 144 Å². The molecule has 0 spiro atoms. The average molecular weight is 377 g/mol. The number of carbonyl (C=O) groups excluding carboxylic acids is 1. The zero-order valence-electron chi connectivity index (χ0n) is 13.0. The van der Waals surface area contributed by atoms with Gasteiger partial charge in [-0.15, -0.1) is 0 Å². The van der Waals surface area contributed by atoms with Crippen molar-refractivity contribution < 1.29 is 22.9 Å². The molecule has 25 heavy (non-hydrogen) atoms. The summed E-state index contributed by atoms with van der Waals surface area (Å²) in [6.07, 6.45) is -4.58. The van der Waals surface area contributed by atoms with E-state index in [1.54, 1.807) is 0 Å². The van der Waals surface area contributed by atoms with Crippen molar-refractivity contribution in [3.63, 3.8) is 0 Å². The van der Waals surface area contributed by atoms with Crippen molar-refractivity contribution in [2.24, 2.45) is 0 Å². The molecule has 0 aliphatic carbocycles. The number of amides is 1. The second-order valence-electron chi connectivity index (χ2n) is 5.17. The van der Waals surface area contributed by atoms with Gasteiger partial charge >= 0.3 is 11.9 Å². The van der Waals surface area contributed by atoms with Gasteiger partial charge in [-0.3, -0.25) is 19.6 Å². The summed E-state index contributed by atoms with van der Waals surface area (Å²) in [4.78, 5) is 22.4. The molecule has 0 saturated carbocycles. The zero-order valence-corrected chi connectivity index (χ0v) is 13.8. The Hall–Kier alpha value is -2.62. The first kappa shape index (κ1) is 18.7. The van der Waals surface area contributed by atoms with Crippen LogP contribution < -0.4 is 5.32 Å². The van der Waals surface area contributed by atoms with Crippen LogP contribution in [0.15, 0.2) is 18.2 Å². The lowest BCUT2D eigenvalue weighted by Crippen LogP contribution is -2.21. The van der Waals surface area contributed by atoms with E-state index >= 15 is 0 Å². The first-order valence-corrected chi connectivity index (χ1v) is 7.23. The number of rotatable bonds is 4. The fourth-order valence-electron chi connectivity index (χ4n) is 2.23. The lowest BCUT2D eigenvalue weighted by Gasteiger charge is -2.12. The second kappa shape index (κ2) is 6.71. The molecule has 0 fully saturated rings. The van der Waals surface area contributed by atoms with Crippen LogP contribution in [0.5, 0.6) is 0 Å². The largest absolute Gasteiger partial charge is 0.416 e. The number of nitro groups is 1. The highest BCUT2D eigenvalue weighted by Gasteiger charge is 2.31. The molecule has 0 radical (unpaired) electrons. The number of aromatic nitrogens is 2. The summed E-state index contributed by atoms with van der Waals surface area (Å²) in [6.45, 7) is 2.43. The van der Waals surface area contributed by atoms with E-state index in [0.717, 1.165) is 16.8 Å². The van der Waals surface area contributed by atoms with Crippen LogP contribution in [0.25, 0.3) is 0 Å². The Balaban J connectivity index is 2.22. The third kappa shape index (κ3) is 4.08. The van der Waals surface area contributed by atoms with Crippen molar-refractivity contribution in [2.75, 3.05) is 5.32 Å². The Kier molecular flexibility index (Phi) is 5.02. The van der Waals surface area contributed by atoms with Crippen molar-refractivity contribution >= 4 is 28.9 Å². The van der Waals surface area contributed by atoms with Crippen LogP contribution in [0.1, 0.15) is 17.0 Å². The third-order valence-corrected chi connectivity index (χ3v) is 3.72. The van der Waals surface area contributed by atoms with Gasteiger partial charge in [-0.2, -0.15) is 18.3 Å². The molecule has 11 heteroatoms. The van der Waals surface area contributed by atoms with Gasteiger partial charge in [-0.25, -0.2) is 0 Å². The quantitative estimate of drug-likeness (QED) is 0.650. The summed E-state index contributed by atoms with van der Waals surface area (Å²) >= 11 is 5.80. The van der Waals surface area contributed by atoms with Crippen LogP contribution in [0.4, 0.5) is 24.5 Å². The molecule has 0 bridgehead atoms. The van der Waals surface area contributed by atoms with Gasteiger partial charge in [-0.05, 0) is 32.0 Å². The van der Waals surface area contributed by atoms with Gasteiger partial charge in [0.25, 0.3) is 0 Å². The van der Waals surface area contributed by atoms with Crippen LogP contribution in [0.2, 0.25) is 5.02 Å². The average Bonchev–Trinajstić information content (AvgIpc) is 2.74. The molecule has 0 aliphatic rings. The lowest BCUT2D eigenvalue weighted by molar-refractivity contribution is -0.386. The molecule has 134 valence electrons. The molecule has 1 heterocycles. The Morgan fingerprint density at radius 2 is 2.04 bits per heavy atom. The van der Waals surface area contributed by atoms with Gasteiger partial charge in [-0.1, -0.05) is 11.6 Å². The summed E-state index contributed by atoms with van der Waals surface area (Å²) in [7, 11) is 0. The summed E-state index contributed by atoms with van der Waals surface area (Å²) < 4.78 is 39.3. The number of alkyl halides is 3. The molecule has 2 aromatic rings. The molecule has 1 aromatic heterocycles. The van der Waals surface area contributed by atoms with E-state index in [9.17, 15) is 28.1 Å². The highest BCUT2D eigenvalue weighted by Crippen LogP contribution is 2.33. The Morgan fingerprint density at radius 3 is 2.56 bits per heavy atom. The maximum absolute atomic E-state index is 12.7. The molecular formula is C14H12ClF3N4O3. The molecule has 2 rings (SSSR count). The predicted molar refractivity (Wildman–Crippen MR) is 83.4 cm³/mol. The van der Waals surface area contributed by atoms with Crippen LogP contribution in [0, 0.1) is 24.0 Å². The van der Waals surface area contributed by atoms with E-state index in [1.807, 2.05) is 0 Å². The molecule has 1 N–H and O–H groups in total. The number of nitrogens with zero attached hydrogens (tertiary/aromatic N) is 3. The minimum absolute atomic E-state index is 0.0688. The number of benzene rings is 1. The van der Waals surface area contributed by atoms with Crippen molar-refractivity contribution in [3.05, 3.63) is 50.3 Å². The zero-order chi connectivity index (χ0) is 18.9. The smallest absolute Gasteiger partial charge is 0.323 e. The van der Waals surface area contributed by atoms with Gasteiger partial charge in [0.1, 0.15) is 17.9 Å². The molecule has 0 saturated heterocycles. The molecule has 1 amide bonds. The van der Waals surface area contributed by atoms with E-state index in [1.165, 1.54) is 13.8 Å². The lowest BCUT2D eigenvalue weighted by atomic mass is 10.2. The Morgan fingerprint density at radius 1 is 1.40 bits per heavy atom. The number of aryl methyl sites for hydroxylation is 1. The first-order valence-electron chi connectivity index (χ1n) is 6.85. The summed E-state index contributed by atoms with van der Waals surface area (Å²) in [6, 6.07) is 2.53. The molecule has 0 unspecified atom stereocenters. The fourth-order valence-corrected chi connectivity index (χ4v) is 2.39. The van der Waals surface area contributed by atoms with Gasteiger partial charge in [0.2, 0.25) is 5.91 Å². The van der Waals surface area contributed by atoms with Crippen LogP contribution in [-0.4, -0.2) is 20.6 Å². The number of halogens is 4. The number of hydrogen-bond donors (Lipinski definition) is 1. The Bertz CT molecular complexity index is 849. The van der Waals surface area contributed by atoms with Gasteiger partial charge in [0.15, 0.2) is 0 Å². The van der Waals surface area contributed by atoms with Crippen molar-refractivity contribution in [2.45, 2.75) is 26.6 Å². The number of anilines is 1. The standard InChI is InChI=1S/C14H12ClF3N4O3/c1-7-13(22(24)25)8(2)21(20-7)6-12(23)19-11-5-9(14(16,17)18)3-4-10(11)15/h3-5H,6H2,1-2H3,(H,19,23). The fraction of sp³-hybridized carbons (Fsp3) is 0.286. The minimum atomic E-state index is -4.58. The molecule has 0 atom stereocenters. The molecule has 0 aliphatic heterocycles. The molecule has 1 aromatic carbocycles. The maximum Gasteiger partial charge on any atom is 0.416 e. The first-order chi connectivity index (χ1) is 11.5. The van der Waals surface area contributed by atoms with Crippen LogP contribution >= 0.6 is 11.6 Å². The summed E-state index contributed by atoms with van der Waals surface area (Å²) in [5, 5.41) is 17.0. The van der Waals surface area contributed by atoms with Crippen molar-refractivity contribution in [1.29, 1.82) is 0 Å². The molecule has 7 nitrogen and oxygen atoms in total. The highest BCUT2D eigenvalue weighted by molar-refractivity contribution is 6.33. The van der Waals surface area contributed by atoms with E-state index in [4.69, 9.17) is 11.6 Å². The van der Waals surface area contributed by atoms with E-state index < -0.39 is 29.1 Å². The van der Waals surface area contributed by atoms with E-state index in [0.29, 0.717) is 6.07 Å². The van der Waals surface area contributed by atoms with E-state index in [2.05, 4.69) is 10.4 Å². The van der Waals surface area contributed by atoms with Crippen LogP contribution in [0.3, 0.4) is 0 Å². The number of carbonyl (C=O) groups is 1. The second-order valence-corrected chi connectivity index (χ2v) is 5.58. The maximum atomic E-state index is 12.7. The van der Waals surface area contributed by atoms with Crippen molar-refractivity contribution in [1.82, 2.24) is 9.78 Å². The third-order valence-electron chi connectivity index (χ3n) is 3.39. The SMILES string of the molecule is Cc1nn(CC(=O)Nc2cc(C(F)(F)F)ccc2Cl)c(C)c1[N+](=O)[O-]. The van der Waals surface area contributed by atoms with Crippen LogP contribution in [-0.2, 0) is 17.5 Å². The topological polar surface area (TPSA) is 90.1 Å². The monoisotopic (exact) mass is 376 g/mol. The normalized spacial score (nSPS) is 11.4. The van der Waals surface area contributed by atoms with Gasteiger partial charge < -0.3 is 5.32 Å².